The maximum absolute atomic E-state index is 10.1. The molecule has 5 nitrogen and oxygen atoms in total. The van der Waals surface area contributed by atoms with Crippen LogP contribution in [0.1, 0.15) is 57.2 Å². The smallest absolute Gasteiger partial charge is 0.110 e. The largest absolute Gasteiger partial charge is 0.389 e. The molecule has 2 aliphatic heterocycles. The fourth-order valence-corrected chi connectivity index (χ4v) is 3.95. The number of hydrogen-bond donors (Lipinski definition) is 2. The summed E-state index contributed by atoms with van der Waals surface area (Å²) in [6, 6.07) is 6.20. The van der Waals surface area contributed by atoms with Crippen LogP contribution in [0.2, 0.25) is 0 Å². The van der Waals surface area contributed by atoms with Crippen LogP contribution in [0, 0.1) is 18.3 Å². The van der Waals surface area contributed by atoms with Crippen molar-refractivity contribution in [3.05, 3.63) is 52.7 Å². The normalized spacial score (nSPS) is 21.2. The molecule has 154 valence electrons. The van der Waals surface area contributed by atoms with Crippen LogP contribution < -0.4 is 0 Å². The Balaban J connectivity index is 2.07. The first kappa shape index (κ1) is 21.7. The fraction of sp³-hybridized carbons (Fsp3) is 0.435. The first-order valence-electron chi connectivity index (χ1n) is 9.93. The highest BCUT2D eigenvalue weighted by molar-refractivity contribution is 9.18. The molecule has 6 heteroatoms. The van der Waals surface area contributed by atoms with Crippen LogP contribution in [-0.4, -0.2) is 38.3 Å². The molecule has 1 atom stereocenters. The molecule has 1 unspecified atom stereocenters. The molecule has 1 aromatic carbocycles. The summed E-state index contributed by atoms with van der Waals surface area (Å²) in [7, 11) is 0. The summed E-state index contributed by atoms with van der Waals surface area (Å²) >= 11 is 3.58. The molecule has 0 amide bonds. The van der Waals surface area contributed by atoms with Gasteiger partial charge >= 0.3 is 0 Å². The number of aliphatic imine (C=N–C) groups is 1. The van der Waals surface area contributed by atoms with Crippen molar-refractivity contribution in [3.63, 3.8) is 0 Å². The summed E-state index contributed by atoms with van der Waals surface area (Å²) in [5.41, 5.74) is 5.75. The van der Waals surface area contributed by atoms with Crippen molar-refractivity contribution in [2.75, 3.05) is 6.54 Å². The number of benzene rings is 1. The van der Waals surface area contributed by atoms with Crippen molar-refractivity contribution in [1.82, 2.24) is 5.01 Å². The van der Waals surface area contributed by atoms with E-state index in [2.05, 4.69) is 47.1 Å². The number of halogens is 1. The molecular weight excluding hydrogens is 428 g/mol. The van der Waals surface area contributed by atoms with Gasteiger partial charge in [-0.15, -0.1) is 0 Å². The van der Waals surface area contributed by atoms with Gasteiger partial charge in [0.25, 0.3) is 0 Å². The Morgan fingerprint density at radius 2 is 2.10 bits per heavy atom. The molecular formula is C23H29BrN4O. The Hall–Kier alpha value is -2.05. The number of hydrazone groups is 1. The van der Waals surface area contributed by atoms with Gasteiger partial charge in [-0.05, 0) is 73.2 Å². The number of aryl methyl sites for hydroxylation is 1. The number of nitrogens with zero attached hydrogens (tertiary/aromatic N) is 3. The molecule has 0 saturated heterocycles. The van der Waals surface area contributed by atoms with Gasteiger partial charge in [0.05, 0.1) is 29.3 Å². The van der Waals surface area contributed by atoms with Crippen LogP contribution in [0.4, 0.5) is 0 Å². The Kier molecular flexibility index (Phi) is 6.24. The van der Waals surface area contributed by atoms with Crippen LogP contribution in [0.15, 0.2) is 46.1 Å². The zero-order valence-corrected chi connectivity index (χ0v) is 19.3. The van der Waals surface area contributed by atoms with E-state index < -0.39 is 5.60 Å². The third-order valence-corrected chi connectivity index (χ3v) is 5.42. The van der Waals surface area contributed by atoms with E-state index >= 15 is 0 Å². The lowest BCUT2D eigenvalue weighted by Crippen LogP contribution is -2.30. The van der Waals surface area contributed by atoms with Gasteiger partial charge in [0, 0.05) is 17.7 Å². The molecule has 2 aliphatic rings. The number of allylic oxidation sites excluding steroid dienone is 3. The summed E-state index contributed by atoms with van der Waals surface area (Å²) in [4.78, 5) is 4.73. The van der Waals surface area contributed by atoms with Crippen LogP contribution in [0.25, 0.3) is 5.70 Å². The average Bonchev–Trinajstić information content (AvgIpc) is 2.78. The molecule has 2 heterocycles. The summed E-state index contributed by atoms with van der Waals surface area (Å²) in [6.45, 7) is 9.93. The van der Waals surface area contributed by atoms with E-state index in [4.69, 9.17) is 15.5 Å². The summed E-state index contributed by atoms with van der Waals surface area (Å²) in [6.07, 6.45) is 5.97. The Morgan fingerprint density at radius 3 is 2.72 bits per heavy atom. The summed E-state index contributed by atoms with van der Waals surface area (Å²) in [5.74, 6) is 0.358. The first-order chi connectivity index (χ1) is 13.5. The lowest BCUT2D eigenvalue weighted by atomic mass is 9.98. The molecule has 1 aromatic rings. The topological polar surface area (TPSA) is 72.0 Å². The zero-order chi connectivity index (χ0) is 21.3. The maximum atomic E-state index is 10.1. The molecule has 3 rings (SSSR count). The van der Waals surface area contributed by atoms with E-state index in [-0.39, 0.29) is 0 Å². The second-order valence-electron chi connectivity index (χ2n) is 8.55. The van der Waals surface area contributed by atoms with Gasteiger partial charge in [-0.3, -0.25) is 4.99 Å². The number of aliphatic hydroxyl groups is 1. The van der Waals surface area contributed by atoms with Crippen LogP contribution in [0.3, 0.4) is 0 Å². The van der Waals surface area contributed by atoms with Gasteiger partial charge in [0.2, 0.25) is 0 Å². The minimum Gasteiger partial charge on any atom is -0.389 e. The van der Waals surface area contributed by atoms with Gasteiger partial charge in [-0.1, -0.05) is 31.2 Å². The molecule has 0 aliphatic carbocycles. The molecule has 0 bridgehead atoms. The minimum atomic E-state index is -0.853. The quantitative estimate of drug-likeness (QED) is 0.605. The lowest BCUT2D eigenvalue weighted by molar-refractivity contribution is 0.0904. The van der Waals surface area contributed by atoms with Crippen molar-refractivity contribution in [2.45, 2.75) is 53.1 Å². The average molecular weight is 457 g/mol. The van der Waals surface area contributed by atoms with Gasteiger partial charge in [0.1, 0.15) is 4.62 Å². The van der Waals surface area contributed by atoms with Crippen molar-refractivity contribution in [2.24, 2.45) is 16.0 Å². The minimum absolute atomic E-state index is 0.342. The van der Waals surface area contributed by atoms with E-state index in [9.17, 15) is 5.11 Å². The third-order valence-electron chi connectivity index (χ3n) is 4.98. The standard InChI is InChI=1S/C23H29BrN4O/c1-14-6-9-20-19(26-13-23(4,5)29)12-22(24)27-28(20)21(10-14)17-7-8-18(16(3)25)15(2)11-17/h7-11,14,25,29H,6,12-13H2,1-5H3. The van der Waals surface area contributed by atoms with Crippen LogP contribution >= 0.6 is 15.9 Å². The molecule has 2 N–H and O–H groups in total. The Labute approximate surface area is 181 Å². The van der Waals surface area contributed by atoms with Crippen molar-refractivity contribution in [3.8, 4) is 0 Å². The third kappa shape index (κ3) is 5.11. The van der Waals surface area contributed by atoms with E-state index in [1.54, 1.807) is 13.8 Å². The second-order valence-corrected chi connectivity index (χ2v) is 9.46. The van der Waals surface area contributed by atoms with Gasteiger partial charge in [-0.2, -0.15) is 5.10 Å². The molecule has 29 heavy (non-hydrogen) atoms. The van der Waals surface area contributed by atoms with E-state index in [1.807, 2.05) is 24.9 Å². The van der Waals surface area contributed by atoms with Gasteiger partial charge < -0.3 is 10.5 Å². The fourth-order valence-electron chi connectivity index (χ4n) is 3.53. The second kappa shape index (κ2) is 8.36. The van der Waals surface area contributed by atoms with Crippen LogP contribution in [-0.2, 0) is 0 Å². The Morgan fingerprint density at radius 1 is 1.38 bits per heavy atom. The first-order valence-corrected chi connectivity index (χ1v) is 10.7. The van der Waals surface area contributed by atoms with Crippen molar-refractivity contribution >= 4 is 37.7 Å². The Bertz CT molecular complexity index is 950. The zero-order valence-electron chi connectivity index (χ0n) is 17.8. The molecule has 0 saturated carbocycles. The SMILES string of the molecule is CC(=N)c1ccc(C2=CC(C)CC=C3C(=NCC(C)(C)O)CC(Br)=NN32)cc1C. The molecule has 0 fully saturated rings. The van der Waals surface area contributed by atoms with E-state index in [0.717, 1.165) is 44.8 Å². The number of nitrogens with one attached hydrogen (secondary N) is 1. The van der Waals surface area contributed by atoms with E-state index in [1.165, 1.54) is 0 Å². The van der Waals surface area contributed by atoms with E-state index in [0.29, 0.717) is 24.6 Å². The van der Waals surface area contributed by atoms with Crippen molar-refractivity contribution in [1.29, 1.82) is 5.41 Å². The predicted octanol–water partition coefficient (Wildman–Crippen LogP) is 5.27. The number of fused-ring (bicyclic) bond motifs is 1. The summed E-state index contributed by atoms with van der Waals surface area (Å²) < 4.78 is 0.813. The van der Waals surface area contributed by atoms with Crippen LogP contribution in [0.5, 0.6) is 0 Å². The van der Waals surface area contributed by atoms with Crippen molar-refractivity contribution < 1.29 is 5.11 Å². The number of rotatable bonds is 4. The summed E-state index contributed by atoms with van der Waals surface area (Å²) in [5, 5.41) is 24.8. The molecule has 0 aromatic heterocycles. The predicted molar refractivity (Wildman–Crippen MR) is 125 cm³/mol. The molecule has 0 spiro atoms. The highest BCUT2D eigenvalue weighted by atomic mass is 79.9. The highest BCUT2D eigenvalue weighted by Crippen LogP contribution is 2.35. The molecule has 0 radical (unpaired) electrons. The highest BCUT2D eigenvalue weighted by Gasteiger charge is 2.29. The van der Waals surface area contributed by atoms with Gasteiger partial charge in [0.15, 0.2) is 0 Å². The van der Waals surface area contributed by atoms with Gasteiger partial charge in [-0.25, -0.2) is 5.01 Å². The monoisotopic (exact) mass is 456 g/mol. The lowest BCUT2D eigenvalue weighted by Gasteiger charge is -2.30. The number of hydrogen-bond acceptors (Lipinski definition) is 5. The maximum Gasteiger partial charge on any atom is 0.110 e.